The van der Waals surface area contributed by atoms with Gasteiger partial charge >= 0.3 is 29.6 Å². The first-order valence-corrected chi connectivity index (χ1v) is 9.55. The summed E-state index contributed by atoms with van der Waals surface area (Å²) in [4.78, 5) is 15.4. The molecule has 29 heavy (non-hydrogen) atoms. The first-order chi connectivity index (χ1) is 13.6. The fourth-order valence-corrected chi connectivity index (χ4v) is 3.13. The molecule has 3 rings (SSSR count). The van der Waals surface area contributed by atoms with Crippen molar-refractivity contribution >= 4 is 21.9 Å². The van der Waals surface area contributed by atoms with Crippen molar-refractivity contribution < 1.29 is 44.2 Å². The largest absolute Gasteiger partial charge is 1.00 e. The Balaban J connectivity index is 0.00000300. The number of aromatic nitrogens is 1. The normalized spacial score (nSPS) is 9.72. The van der Waals surface area contributed by atoms with Crippen molar-refractivity contribution in [1.82, 2.24) is 4.98 Å². The minimum Gasteiger partial charge on any atom is -0.543 e. The number of carbonyl (C=O) groups excluding carboxylic acids is 1. The fourth-order valence-electron chi connectivity index (χ4n) is 2.77. The summed E-state index contributed by atoms with van der Waals surface area (Å²) in [5, 5.41) is 11.2. The van der Waals surface area contributed by atoms with Gasteiger partial charge in [0.1, 0.15) is 12.4 Å². The van der Waals surface area contributed by atoms with Crippen molar-refractivity contribution in [2.24, 2.45) is 0 Å². The SMILES string of the molecule is CCC#CCOc1ccc(Br)cc1-c1ccccc1-c1cccc(C(=O)[O-])n1.[Na+]. The second-order valence-corrected chi connectivity index (χ2v) is 6.79. The molecule has 0 bridgehead atoms. The number of carboxylic acids is 1. The Hall–Kier alpha value is -2.10. The van der Waals surface area contributed by atoms with Crippen molar-refractivity contribution in [3.8, 4) is 40.0 Å². The Labute approximate surface area is 200 Å². The van der Waals surface area contributed by atoms with E-state index in [0.717, 1.165) is 27.6 Å². The number of aromatic carboxylic acids is 1. The molecule has 2 aromatic carbocycles. The van der Waals surface area contributed by atoms with Gasteiger partial charge in [-0.2, -0.15) is 0 Å². The van der Waals surface area contributed by atoms with Gasteiger partial charge in [-0.25, -0.2) is 4.98 Å². The molecule has 1 aromatic heterocycles. The summed E-state index contributed by atoms with van der Waals surface area (Å²) >= 11 is 3.51. The maximum atomic E-state index is 11.2. The van der Waals surface area contributed by atoms with E-state index in [-0.39, 0.29) is 35.3 Å². The van der Waals surface area contributed by atoms with E-state index in [2.05, 4.69) is 32.8 Å². The quantitative estimate of drug-likeness (QED) is 0.428. The van der Waals surface area contributed by atoms with Gasteiger partial charge in [0.15, 0.2) is 0 Å². The van der Waals surface area contributed by atoms with Crippen molar-refractivity contribution in [2.75, 3.05) is 6.61 Å². The van der Waals surface area contributed by atoms with Gasteiger partial charge in [-0.3, -0.25) is 0 Å². The molecule has 0 atom stereocenters. The zero-order chi connectivity index (χ0) is 19.9. The Morgan fingerprint density at radius 1 is 1.03 bits per heavy atom. The molecular formula is C23H17BrNNaO3. The molecule has 6 heteroatoms. The molecule has 0 saturated heterocycles. The van der Waals surface area contributed by atoms with Gasteiger partial charge in [0.25, 0.3) is 0 Å². The van der Waals surface area contributed by atoms with E-state index in [4.69, 9.17) is 4.74 Å². The van der Waals surface area contributed by atoms with E-state index in [1.54, 1.807) is 12.1 Å². The summed E-state index contributed by atoms with van der Waals surface area (Å²) in [5.74, 6) is 5.35. The monoisotopic (exact) mass is 457 g/mol. The summed E-state index contributed by atoms with van der Waals surface area (Å²) in [6.45, 7) is 2.28. The van der Waals surface area contributed by atoms with Crippen LogP contribution in [0.3, 0.4) is 0 Å². The van der Waals surface area contributed by atoms with Crippen LogP contribution < -0.4 is 39.4 Å². The van der Waals surface area contributed by atoms with Crippen LogP contribution in [0.2, 0.25) is 0 Å². The van der Waals surface area contributed by atoms with Crippen molar-refractivity contribution in [3.05, 3.63) is 70.8 Å². The van der Waals surface area contributed by atoms with Gasteiger partial charge in [0.05, 0.1) is 17.4 Å². The van der Waals surface area contributed by atoms with Crippen LogP contribution in [0.25, 0.3) is 22.4 Å². The third-order valence-corrected chi connectivity index (χ3v) is 4.49. The Morgan fingerprint density at radius 2 is 1.79 bits per heavy atom. The first kappa shape index (κ1) is 23.2. The number of carbonyl (C=O) groups is 1. The molecule has 0 saturated carbocycles. The van der Waals surface area contributed by atoms with Gasteiger partial charge in [0, 0.05) is 22.0 Å². The smallest absolute Gasteiger partial charge is 0.543 e. The molecule has 0 fully saturated rings. The molecule has 3 aromatic rings. The van der Waals surface area contributed by atoms with Crippen LogP contribution in [0, 0.1) is 11.8 Å². The second-order valence-electron chi connectivity index (χ2n) is 5.88. The van der Waals surface area contributed by atoms with E-state index >= 15 is 0 Å². The average Bonchev–Trinajstić information content (AvgIpc) is 2.72. The van der Waals surface area contributed by atoms with Gasteiger partial charge in [-0.05, 0) is 35.9 Å². The number of pyridine rings is 1. The number of hydrogen-bond acceptors (Lipinski definition) is 4. The van der Waals surface area contributed by atoms with E-state index in [0.29, 0.717) is 18.1 Å². The molecule has 0 aliphatic rings. The van der Waals surface area contributed by atoms with Gasteiger partial charge in [-0.15, -0.1) is 5.92 Å². The van der Waals surface area contributed by atoms with E-state index in [1.807, 2.05) is 49.4 Å². The van der Waals surface area contributed by atoms with Crippen molar-refractivity contribution in [3.63, 3.8) is 0 Å². The van der Waals surface area contributed by atoms with E-state index < -0.39 is 5.97 Å². The first-order valence-electron chi connectivity index (χ1n) is 8.76. The molecule has 0 spiro atoms. The van der Waals surface area contributed by atoms with E-state index in [9.17, 15) is 9.90 Å². The van der Waals surface area contributed by atoms with Gasteiger partial charge in [0.2, 0.25) is 0 Å². The van der Waals surface area contributed by atoms with Crippen LogP contribution in [0.5, 0.6) is 5.75 Å². The molecule has 0 amide bonds. The number of halogens is 1. The summed E-state index contributed by atoms with van der Waals surface area (Å²) in [6, 6.07) is 18.3. The summed E-state index contributed by atoms with van der Waals surface area (Å²) in [6.07, 6.45) is 0.778. The Kier molecular flexibility index (Phi) is 8.94. The van der Waals surface area contributed by atoms with E-state index in [1.165, 1.54) is 6.07 Å². The zero-order valence-electron chi connectivity index (χ0n) is 16.2. The molecule has 0 unspecified atom stereocenters. The maximum absolute atomic E-state index is 11.2. The fraction of sp³-hybridized carbons (Fsp3) is 0.130. The zero-order valence-corrected chi connectivity index (χ0v) is 19.8. The summed E-state index contributed by atoms with van der Waals surface area (Å²) < 4.78 is 6.79. The predicted octanol–water partition coefficient (Wildman–Crippen LogP) is 1.34. The third kappa shape index (κ3) is 5.94. The van der Waals surface area contributed by atoms with Crippen molar-refractivity contribution in [2.45, 2.75) is 13.3 Å². The van der Waals surface area contributed by atoms with Crippen LogP contribution in [0.15, 0.2) is 65.1 Å². The molecule has 0 radical (unpaired) electrons. The molecular weight excluding hydrogens is 441 g/mol. The third-order valence-electron chi connectivity index (χ3n) is 3.99. The number of benzene rings is 2. The van der Waals surface area contributed by atoms with Gasteiger partial charge < -0.3 is 14.6 Å². The predicted molar refractivity (Wildman–Crippen MR) is 111 cm³/mol. The van der Waals surface area contributed by atoms with Crippen LogP contribution in [0.4, 0.5) is 0 Å². The number of hydrogen-bond donors (Lipinski definition) is 0. The van der Waals surface area contributed by atoms with Crippen molar-refractivity contribution in [1.29, 1.82) is 0 Å². The Bertz CT molecular complexity index is 1070. The average molecular weight is 458 g/mol. The van der Waals surface area contributed by atoms with Crippen LogP contribution >= 0.6 is 15.9 Å². The summed E-state index contributed by atoms with van der Waals surface area (Å²) in [7, 11) is 0. The number of ether oxygens (including phenoxy) is 1. The number of nitrogens with zero attached hydrogens (tertiary/aromatic N) is 1. The molecule has 140 valence electrons. The second kappa shape index (κ2) is 11.2. The molecule has 0 N–H and O–H groups in total. The molecule has 0 aliphatic heterocycles. The van der Waals surface area contributed by atoms with Gasteiger partial charge in [-0.1, -0.05) is 59.1 Å². The Morgan fingerprint density at radius 3 is 2.52 bits per heavy atom. The molecule has 1 heterocycles. The van der Waals surface area contributed by atoms with Crippen LogP contribution in [-0.2, 0) is 0 Å². The topological polar surface area (TPSA) is 62.2 Å². The van der Waals surface area contributed by atoms with Crippen LogP contribution in [0.1, 0.15) is 23.8 Å². The minimum absolute atomic E-state index is 0. The number of carboxylic acid groups (broad SMARTS) is 1. The number of rotatable bonds is 5. The maximum Gasteiger partial charge on any atom is 1.00 e. The van der Waals surface area contributed by atoms with Crippen LogP contribution in [-0.4, -0.2) is 17.6 Å². The molecule has 0 aliphatic carbocycles. The standard InChI is InChI=1S/C23H18BrNO3.Na/c1-2-3-6-14-28-22-13-12-16(24)15-19(22)17-8-4-5-9-18(17)20-10-7-11-21(25-20)23(26)27;/h4-5,7-13,15H,2,14H2,1H3,(H,26,27);/q;+1/p-1. The summed E-state index contributed by atoms with van der Waals surface area (Å²) in [5.41, 5.74) is 2.99. The molecule has 4 nitrogen and oxygen atoms in total. The minimum atomic E-state index is -1.31.